The molecule has 2 heterocycles. The molecule has 0 atom stereocenters. The Bertz CT molecular complexity index is 745. The number of hydrogen-bond acceptors (Lipinski definition) is 5. The van der Waals surface area contributed by atoms with Gasteiger partial charge in [0.25, 0.3) is 5.91 Å². The monoisotopic (exact) mass is 347 g/mol. The van der Waals surface area contributed by atoms with Crippen molar-refractivity contribution in [3.05, 3.63) is 28.8 Å². The lowest BCUT2D eigenvalue weighted by Gasteiger charge is -2.42. The smallest absolute Gasteiger partial charge is 0.254 e. The van der Waals surface area contributed by atoms with Crippen LogP contribution in [0.5, 0.6) is 0 Å². The van der Waals surface area contributed by atoms with Crippen molar-refractivity contribution in [3.8, 4) is 11.4 Å². The van der Waals surface area contributed by atoms with E-state index in [0.29, 0.717) is 35.1 Å². The molecule has 1 amide bonds. The summed E-state index contributed by atoms with van der Waals surface area (Å²) in [7, 11) is 0. The summed E-state index contributed by atoms with van der Waals surface area (Å²) in [5.41, 5.74) is 1.38. The molecule has 1 N–H and O–H groups in total. The summed E-state index contributed by atoms with van der Waals surface area (Å²) in [5.74, 6) is 0.406. The number of tetrazole rings is 1. The van der Waals surface area contributed by atoms with E-state index in [1.54, 1.807) is 18.2 Å². The van der Waals surface area contributed by atoms with E-state index in [-0.39, 0.29) is 11.3 Å². The highest BCUT2D eigenvalue weighted by molar-refractivity contribution is 6.33. The highest BCUT2D eigenvalue weighted by Crippen LogP contribution is 2.43. The molecule has 1 aromatic carbocycles. The summed E-state index contributed by atoms with van der Waals surface area (Å²) >= 11 is 6.31. The molecule has 7 nitrogen and oxygen atoms in total. The molecule has 0 unspecified atom stereocenters. The van der Waals surface area contributed by atoms with Crippen molar-refractivity contribution in [2.45, 2.75) is 19.3 Å². The number of hydrogen-bond donors (Lipinski definition) is 1. The summed E-state index contributed by atoms with van der Waals surface area (Å²) in [6.45, 7) is 2.72. The minimum absolute atomic E-state index is 0.00617. The van der Waals surface area contributed by atoms with E-state index < -0.39 is 0 Å². The zero-order chi connectivity index (χ0) is 16.6. The van der Waals surface area contributed by atoms with E-state index in [1.807, 2.05) is 4.90 Å². The zero-order valence-electron chi connectivity index (χ0n) is 13.2. The number of nitrogens with zero attached hydrogens (tertiary/aromatic N) is 4. The van der Waals surface area contributed by atoms with Gasteiger partial charge in [-0.3, -0.25) is 4.79 Å². The van der Waals surface area contributed by atoms with Crippen molar-refractivity contribution in [1.82, 2.24) is 25.5 Å². The van der Waals surface area contributed by atoms with Gasteiger partial charge in [0, 0.05) is 29.6 Å². The molecule has 24 heavy (non-hydrogen) atoms. The third-order valence-electron chi connectivity index (χ3n) is 4.94. The second-order valence-corrected chi connectivity index (χ2v) is 6.97. The molecule has 1 saturated carbocycles. The van der Waals surface area contributed by atoms with E-state index in [0.717, 1.165) is 26.0 Å². The number of ether oxygens (including phenoxy) is 1. The molecule has 8 heteroatoms. The maximum Gasteiger partial charge on any atom is 0.254 e. The van der Waals surface area contributed by atoms with Crippen molar-refractivity contribution < 1.29 is 9.53 Å². The lowest BCUT2D eigenvalue weighted by molar-refractivity contribution is 0.0104. The third-order valence-corrected chi connectivity index (χ3v) is 5.26. The molecule has 1 aliphatic heterocycles. The van der Waals surface area contributed by atoms with Crippen molar-refractivity contribution in [1.29, 1.82) is 0 Å². The molecule has 1 aliphatic carbocycles. The molecular weight excluding hydrogens is 330 g/mol. The summed E-state index contributed by atoms with van der Waals surface area (Å²) in [6.07, 6.45) is 3.49. The van der Waals surface area contributed by atoms with Crippen LogP contribution in [-0.4, -0.2) is 57.7 Å². The fourth-order valence-electron chi connectivity index (χ4n) is 3.43. The zero-order valence-corrected chi connectivity index (χ0v) is 13.9. The van der Waals surface area contributed by atoms with Gasteiger partial charge in [0.2, 0.25) is 5.82 Å². The first-order valence-electron chi connectivity index (χ1n) is 8.07. The molecule has 1 saturated heterocycles. The van der Waals surface area contributed by atoms with Crippen LogP contribution in [-0.2, 0) is 4.74 Å². The number of rotatable bonds is 2. The van der Waals surface area contributed by atoms with Crippen LogP contribution >= 0.6 is 11.6 Å². The molecule has 2 fully saturated rings. The topological polar surface area (TPSA) is 84.0 Å². The van der Waals surface area contributed by atoms with Gasteiger partial charge in [-0.05, 0) is 36.3 Å². The second kappa shape index (κ2) is 6.14. The van der Waals surface area contributed by atoms with Crippen LogP contribution in [0, 0.1) is 5.41 Å². The lowest BCUT2D eigenvalue weighted by atomic mass is 9.69. The first-order valence-corrected chi connectivity index (χ1v) is 8.45. The number of halogens is 1. The Balaban J connectivity index is 1.56. The number of carbonyl (C=O) groups is 1. The van der Waals surface area contributed by atoms with Gasteiger partial charge in [0.1, 0.15) is 0 Å². The van der Waals surface area contributed by atoms with Gasteiger partial charge in [0.05, 0.1) is 18.2 Å². The lowest BCUT2D eigenvalue weighted by Crippen LogP contribution is -2.45. The van der Waals surface area contributed by atoms with Crippen LogP contribution in [0.3, 0.4) is 0 Å². The van der Waals surface area contributed by atoms with Crippen LogP contribution in [0.1, 0.15) is 29.6 Å². The number of carbonyl (C=O) groups excluding carboxylic acids is 1. The second-order valence-electron chi connectivity index (χ2n) is 6.56. The van der Waals surface area contributed by atoms with Crippen LogP contribution < -0.4 is 0 Å². The largest absolute Gasteiger partial charge is 0.379 e. The van der Waals surface area contributed by atoms with Crippen LogP contribution in [0.15, 0.2) is 18.2 Å². The molecule has 4 rings (SSSR count). The number of amides is 1. The molecule has 126 valence electrons. The standard InChI is InChI=1S/C16H18ClN5O2/c17-13-8-11(2-3-12(13)14-18-20-21-19-14)15(23)22-6-7-24-10-16(9-22)4-1-5-16/h2-3,8H,1,4-7,9-10H2,(H,18,19,20,21). The molecule has 1 spiro atoms. The van der Waals surface area contributed by atoms with E-state index >= 15 is 0 Å². The van der Waals surface area contributed by atoms with Gasteiger partial charge in [-0.2, -0.15) is 5.21 Å². The van der Waals surface area contributed by atoms with E-state index in [4.69, 9.17) is 16.3 Å². The average Bonchev–Trinajstić information content (AvgIpc) is 2.97. The number of H-pyrrole nitrogens is 1. The van der Waals surface area contributed by atoms with Crippen molar-refractivity contribution >= 4 is 17.5 Å². The van der Waals surface area contributed by atoms with Gasteiger partial charge in [-0.15, -0.1) is 10.2 Å². The Morgan fingerprint density at radius 1 is 1.38 bits per heavy atom. The Labute approximate surface area is 144 Å². The van der Waals surface area contributed by atoms with E-state index in [2.05, 4.69) is 20.6 Å². The summed E-state index contributed by atoms with van der Waals surface area (Å²) in [4.78, 5) is 14.8. The first kappa shape index (κ1) is 15.5. The van der Waals surface area contributed by atoms with Gasteiger partial charge in [-0.1, -0.05) is 18.0 Å². The van der Waals surface area contributed by atoms with Gasteiger partial charge in [-0.25, -0.2) is 0 Å². The fraction of sp³-hybridized carbons (Fsp3) is 0.500. The first-order chi connectivity index (χ1) is 11.7. The maximum absolute atomic E-state index is 12.9. The van der Waals surface area contributed by atoms with Gasteiger partial charge in [0.15, 0.2) is 0 Å². The summed E-state index contributed by atoms with van der Waals surface area (Å²) < 4.78 is 5.71. The minimum atomic E-state index is -0.00617. The minimum Gasteiger partial charge on any atom is -0.379 e. The summed E-state index contributed by atoms with van der Waals surface area (Å²) in [5, 5.41) is 14.2. The molecule has 2 aliphatic rings. The fourth-order valence-corrected chi connectivity index (χ4v) is 3.70. The Morgan fingerprint density at radius 3 is 2.92 bits per heavy atom. The predicted octanol–water partition coefficient (Wildman–Crippen LogP) is 2.16. The number of benzene rings is 1. The van der Waals surface area contributed by atoms with Crippen molar-refractivity contribution in [3.63, 3.8) is 0 Å². The number of aromatic nitrogens is 4. The quantitative estimate of drug-likeness (QED) is 0.900. The summed E-state index contributed by atoms with van der Waals surface area (Å²) in [6, 6.07) is 5.20. The SMILES string of the molecule is O=C(c1ccc(-c2nn[nH]n2)c(Cl)c1)N1CCOCC2(CCC2)C1. The van der Waals surface area contributed by atoms with E-state index in [1.165, 1.54) is 6.42 Å². The molecule has 0 radical (unpaired) electrons. The third kappa shape index (κ3) is 2.78. The van der Waals surface area contributed by atoms with Crippen LogP contribution in [0.2, 0.25) is 5.02 Å². The number of aromatic amines is 1. The predicted molar refractivity (Wildman–Crippen MR) is 87.6 cm³/mol. The van der Waals surface area contributed by atoms with Gasteiger partial charge >= 0.3 is 0 Å². The molecule has 1 aromatic heterocycles. The Hall–Kier alpha value is -1.99. The highest BCUT2D eigenvalue weighted by atomic mass is 35.5. The van der Waals surface area contributed by atoms with Crippen molar-refractivity contribution in [2.24, 2.45) is 5.41 Å². The Kier molecular flexibility index (Phi) is 3.97. The van der Waals surface area contributed by atoms with Crippen LogP contribution in [0.4, 0.5) is 0 Å². The molecule has 2 aromatic rings. The van der Waals surface area contributed by atoms with Crippen molar-refractivity contribution in [2.75, 3.05) is 26.3 Å². The molecule has 0 bridgehead atoms. The van der Waals surface area contributed by atoms with E-state index in [9.17, 15) is 4.79 Å². The normalized spacial score (nSPS) is 19.8. The van der Waals surface area contributed by atoms with Crippen LogP contribution in [0.25, 0.3) is 11.4 Å². The maximum atomic E-state index is 12.9. The average molecular weight is 348 g/mol. The molecular formula is C16H18ClN5O2. The van der Waals surface area contributed by atoms with Gasteiger partial charge < -0.3 is 9.64 Å². The Morgan fingerprint density at radius 2 is 2.25 bits per heavy atom. The number of nitrogens with one attached hydrogen (secondary N) is 1. The highest BCUT2D eigenvalue weighted by Gasteiger charge is 2.41.